The second kappa shape index (κ2) is 5.74. The fraction of sp³-hybridized carbons (Fsp3) is 0.455. The number of sulfonamides is 1. The Bertz CT molecular complexity index is 546. The van der Waals surface area contributed by atoms with Crippen LogP contribution in [0.1, 0.15) is 19.4 Å². The molecule has 0 aromatic heterocycles. The van der Waals surface area contributed by atoms with Crippen LogP contribution in [0.25, 0.3) is 0 Å². The zero-order chi connectivity index (χ0) is 14.1. The van der Waals surface area contributed by atoms with Crippen LogP contribution >= 0.6 is 23.2 Å². The second-order valence-corrected chi connectivity index (χ2v) is 6.80. The Morgan fingerprint density at radius 2 is 1.94 bits per heavy atom. The Kier molecular flexibility index (Phi) is 5.00. The molecule has 0 saturated carbocycles. The highest BCUT2D eigenvalue weighted by Crippen LogP contribution is 2.27. The van der Waals surface area contributed by atoms with Crippen molar-refractivity contribution in [3.05, 3.63) is 28.5 Å². The minimum atomic E-state index is -3.91. The van der Waals surface area contributed by atoms with Crippen LogP contribution in [0.2, 0.25) is 5.02 Å². The summed E-state index contributed by atoms with van der Waals surface area (Å²) in [5.41, 5.74) is 0.0693. The highest BCUT2D eigenvalue weighted by molar-refractivity contribution is 7.89. The Morgan fingerprint density at radius 1 is 1.39 bits per heavy atom. The molecule has 0 amide bonds. The van der Waals surface area contributed by atoms with Crippen molar-refractivity contribution in [3.63, 3.8) is 0 Å². The lowest BCUT2D eigenvalue weighted by Crippen LogP contribution is -2.33. The predicted molar refractivity (Wildman–Crippen MR) is 71.1 cm³/mol. The first-order valence-corrected chi connectivity index (χ1v) is 7.59. The number of halogens is 3. The van der Waals surface area contributed by atoms with Gasteiger partial charge in [-0.3, -0.25) is 0 Å². The molecule has 7 heteroatoms. The van der Waals surface area contributed by atoms with Crippen molar-refractivity contribution < 1.29 is 12.8 Å². The average Bonchev–Trinajstić information content (AvgIpc) is 2.30. The van der Waals surface area contributed by atoms with E-state index in [1.54, 1.807) is 13.8 Å². The second-order valence-electron chi connectivity index (χ2n) is 4.13. The first-order chi connectivity index (χ1) is 8.21. The molecule has 0 atom stereocenters. The number of hydrogen-bond acceptors (Lipinski definition) is 2. The predicted octanol–water partition coefficient (Wildman–Crippen LogP) is 3.25. The van der Waals surface area contributed by atoms with Crippen LogP contribution < -0.4 is 0 Å². The van der Waals surface area contributed by atoms with E-state index in [9.17, 15) is 12.8 Å². The van der Waals surface area contributed by atoms with Crippen molar-refractivity contribution in [2.24, 2.45) is 0 Å². The summed E-state index contributed by atoms with van der Waals surface area (Å²) in [4.78, 5) is -0.443. The highest BCUT2D eigenvalue weighted by Gasteiger charge is 2.28. The van der Waals surface area contributed by atoms with Crippen LogP contribution in [0.4, 0.5) is 4.39 Å². The minimum absolute atomic E-state index is 0.0693. The molecule has 0 bridgehead atoms. The third kappa shape index (κ3) is 2.96. The van der Waals surface area contributed by atoms with Gasteiger partial charge in [0.05, 0.1) is 5.88 Å². The molecule has 1 aromatic carbocycles. The monoisotopic (exact) mass is 313 g/mol. The Hall–Kier alpha value is -0.360. The molecule has 3 nitrogen and oxygen atoms in total. The van der Waals surface area contributed by atoms with Gasteiger partial charge in [-0.1, -0.05) is 11.6 Å². The fourth-order valence-corrected chi connectivity index (χ4v) is 3.33. The summed E-state index contributed by atoms with van der Waals surface area (Å²) in [6, 6.07) is 2.13. The summed E-state index contributed by atoms with van der Waals surface area (Å²) in [5.74, 6) is -0.984. The molecule has 0 radical (unpaired) electrons. The Balaban J connectivity index is 3.46. The smallest absolute Gasteiger partial charge is 0.207 e. The lowest BCUT2D eigenvalue weighted by atomic mass is 10.2. The molecule has 1 rings (SSSR count). The molecular formula is C11H14Cl2FNO2S. The van der Waals surface area contributed by atoms with Gasteiger partial charge in [0.2, 0.25) is 10.0 Å². The number of hydrogen-bond donors (Lipinski definition) is 0. The van der Waals surface area contributed by atoms with Gasteiger partial charge in [-0.25, -0.2) is 12.8 Å². The summed E-state index contributed by atoms with van der Waals surface area (Å²) in [6.45, 7) is 3.39. The summed E-state index contributed by atoms with van der Waals surface area (Å²) in [7, 11) is -2.52. The van der Waals surface area contributed by atoms with Crippen molar-refractivity contribution in [1.82, 2.24) is 4.31 Å². The van der Waals surface area contributed by atoms with Crippen LogP contribution in [0.15, 0.2) is 17.0 Å². The zero-order valence-electron chi connectivity index (χ0n) is 10.2. The van der Waals surface area contributed by atoms with Crippen LogP contribution in [-0.4, -0.2) is 25.8 Å². The van der Waals surface area contributed by atoms with Gasteiger partial charge in [-0.2, -0.15) is 4.31 Å². The standard InChI is InChI=1S/C11H14Cl2FNO2S/c1-7(2)15(3)18(16,17)10-5-9(13)4-8(6-12)11(10)14/h4-5,7H,6H2,1-3H3. The fourth-order valence-electron chi connectivity index (χ4n) is 1.34. The summed E-state index contributed by atoms with van der Waals surface area (Å²) < 4.78 is 39.5. The number of benzene rings is 1. The van der Waals surface area contributed by atoms with E-state index in [0.717, 1.165) is 10.4 Å². The van der Waals surface area contributed by atoms with E-state index >= 15 is 0 Å². The zero-order valence-corrected chi connectivity index (χ0v) is 12.6. The van der Waals surface area contributed by atoms with Gasteiger partial charge >= 0.3 is 0 Å². The minimum Gasteiger partial charge on any atom is -0.207 e. The van der Waals surface area contributed by atoms with Crippen molar-refractivity contribution in [1.29, 1.82) is 0 Å². The van der Waals surface area contributed by atoms with Crippen molar-refractivity contribution in [2.45, 2.75) is 30.7 Å². The van der Waals surface area contributed by atoms with Gasteiger partial charge in [0.1, 0.15) is 10.7 Å². The highest BCUT2D eigenvalue weighted by atomic mass is 35.5. The maximum Gasteiger partial charge on any atom is 0.246 e. The van der Waals surface area contributed by atoms with Gasteiger partial charge in [0.25, 0.3) is 0 Å². The lowest BCUT2D eigenvalue weighted by molar-refractivity contribution is 0.407. The molecule has 0 spiro atoms. The molecule has 0 aliphatic heterocycles. The van der Waals surface area contributed by atoms with E-state index in [-0.39, 0.29) is 22.5 Å². The molecule has 18 heavy (non-hydrogen) atoms. The van der Waals surface area contributed by atoms with Gasteiger partial charge in [0, 0.05) is 23.7 Å². The van der Waals surface area contributed by atoms with Crippen molar-refractivity contribution in [3.8, 4) is 0 Å². The van der Waals surface area contributed by atoms with Crippen molar-refractivity contribution >= 4 is 33.2 Å². The number of alkyl halides is 1. The molecule has 0 aliphatic rings. The molecule has 0 aliphatic carbocycles. The van der Waals surface area contributed by atoms with Crippen molar-refractivity contribution in [2.75, 3.05) is 7.05 Å². The van der Waals surface area contributed by atoms with Crippen LogP contribution in [-0.2, 0) is 15.9 Å². The number of rotatable bonds is 4. The SMILES string of the molecule is CC(C)N(C)S(=O)(=O)c1cc(Cl)cc(CCl)c1F. The normalized spacial score (nSPS) is 12.4. The van der Waals surface area contributed by atoms with Crippen LogP contribution in [0.5, 0.6) is 0 Å². The van der Waals surface area contributed by atoms with E-state index in [1.165, 1.54) is 13.1 Å². The van der Waals surface area contributed by atoms with Crippen LogP contribution in [0.3, 0.4) is 0 Å². The number of nitrogens with zero attached hydrogens (tertiary/aromatic N) is 1. The quantitative estimate of drug-likeness (QED) is 0.800. The largest absolute Gasteiger partial charge is 0.246 e. The van der Waals surface area contributed by atoms with E-state index in [1.807, 2.05) is 0 Å². The summed E-state index contributed by atoms with van der Waals surface area (Å²) >= 11 is 11.3. The Labute approximate surface area is 117 Å². The first kappa shape index (κ1) is 15.7. The first-order valence-electron chi connectivity index (χ1n) is 5.23. The summed E-state index contributed by atoms with van der Waals surface area (Å²) in [5, 5.41) is 0.141. The lowest BCUT2D eigenvalue weighted by Gasteiger charge is -2.21. The maximum atomic E-state index is 14.0. The topological polar surface area (TPSA) is 37.4 Å². The van der Waals surface area contributed by atoms with Crippen LogP contribution in [0, 0.1) is 5.82 Å². The molecular weight excluding hydrogens is 300 g/mol. The molecule has 102 valence electrons. The van der Waals surface area contributed by atoms with Gasteiger partial charge in [-0.05, 0) is 26.0 Å². The van der Waals surface area contributed by atoms with Gasteiger partial charge in [-0.15, -0.1) is 11.6 Å². The molecule has 0 heterocycles. The van der Waals surface area contributed by atoms with E-state index in [4.69, 9.17) is 23.2 Å². The maximum absolute atomic E-state index is 14.0. The van der Waals surface area contributed by atoms with E-state index in [0.29, 0.717) is 0 Å². The van der Waals surface area contributed by atoms with Gasteiger partial charge < -0.3 is 0 Å². The molecule has 0 unspecified atom stereocenters. The third-order valence-corrected chi connectivity index (χ3v) is 5.15. The van der Waals surface area contributed by atoms with E-state index in [2.05, 4.69) is 0 Å². The Morgan fingerprint density at radius 3 is 2.39 bits per heavy atom. The molecule has 1 aromatic rings. The summed E-state index contributed by atoms with van der Waals surface area (Å²) in [6.07, 6.45) is 0. The molecule has 0 N–H and O–H groups in total. The van der Waals surface area contributed by atoms with E-state index < -0.39 is 20.7 Å². The molecule has 0 fully saturated rings. The third-order valence-electron chi connectivity index (χ3n) is 2.61. The molecule has 0 saturated heterocycles. The van der Waals surface area contributed by atoms with Gasteiger partial charge in [0.15, 0.2) is 0 Å². The average molecular weight is 314 g/mol.